The summed E-state index contributed by atoms with van der Waals surface area (Å²) < 4.78 is 49.0. The Kier molecular flexibility index (Phi) is 5.82. The van der Waals surface area contributed by atoms with Gasteiger partial charge in [-0.1, -0.05) is 12.2 Å². The monoisotopic (exact) mass is 478 g/mol. The molecule has 0 fully saturated rings. The Morgan fingerprint density at radius 2 is 1.91 bits per heavy atom. The molecule has 0 saturated heterocycles. The van der Waals surface area contributed by atoms with Gasteiger partial charge in [0.15, 0.2) is 11.4 Å². The van der Waals surface area contributed by atoms with Gasteiger partial charge in [0.25, 0.3) is 11.8 Å². The van der Waals surface area contributed by atoms with Crippen LogP contribution in [0.15, 0.2) is 46.4 Å². The first kappa shape index (κ1) is 23.7. The summed E-state index contributed by atoms with van der Waals surface area (Å²) in [6.07, 6.45) is 5.01. The maximum absolute atomic E-state index is 14.2. The van der Waals surface area contributed by atoms with Gasteiger partial charge in [0.2, 0.25) is 5.43 Å². The third-order valence-corrected chi connectivity index (χ3v) is 6.23. The van der Waals surface area contributed by atoms with Crippen LogP contribution in [-0.4, -0.2) is 59.5 Å². The maximum Gasteiger partial charge on any atom is 0.278 e. The normalized spacial score (nSPS) is 26.2. The van der Waals surface area contributed by atoms with Gasteiger partial charge in [-0.25, -0.2) is 13.2 Å². The summed E-state index contributed by atoms with van der Waals surface area (Å²) in [4.78, 5) is 40.7. The van der Waals surface area contributed by atoms with Crippen LogP contribution in [0.2, 0.25) is 0 Å². The van der Waals surface area contributed by atoms with Crippen LogP contribution < -0.4 is 20.5 Å². The molecule has 8 nitrogen and oxygen atoms in total. The minimum absolute atomic E-state index is 0.0186. The van der Waals surface area contributed by atoms with Crippen molar-refractivity contribution in [3.8, 4) is 5.75 Å². The van der Waals surface area contributed by atoms with Gasteiger partial charge in [-0.05, 0) is 26.8 Å². The van der Waals surface area contributed by atoms with Gasteiger partial charge < -0.3 is 15.0 Å². The average Bonchev–Trinajstić information content (AvgIpc) is 2.88. The average molecular weight is 478 g/mol. The fourth-order valence-corrected chi connectivity index (χ4v) is 4.30. The molecule has 0 spiro atoms. The molecule has 11 heteroatoms. The molecule has 3 aliphatic rings. The van der Waals surface area contributed by atoms with E-state index in [0.717, 1.165) is 6.92 Å². The van der Waals surface area contributed by atoms with Gasteiger partial charge in [-0.15, -0.1) is 0 Å². The number of aromatic nitrogens is 1. The summed E-state index contributed by atoms with van der Waals surface area (Å²) in [6, 6.07) is -0.401. The van der Waals surface area contributed by atoms with Gasteiger partial charge in [0.05, 0.1) is 13.2 Å². The number of carbonyl (C=O) groups is 2. The van der Waals surface area contributed by atoms with E-state index in [1.165, 1.54) is 18.0 Å². The molecule has 3 atom stereocenters. The molecule has 1 aliphatic carbocycles. The number of hydrogen-bond acceptors (Lipinski definition) is 5. The first-order valence-corrected chi connectivity index (χ1v) is 10.8. The Morgan fingerprint density at radius 1 is 1.24 bits per heavy atom. The predicted octanol–water partition coefficient (Wildman–Crippen LogP) is 2.49. The van der Waals surface area contributed by atoms with Crippen molar-refractivity contribution in [2.45, 2.75) is 44.9 Å². The van der Waals surface area contributed by atoms with Crippen LogP contribution >= 0.6 is 0 Å². The molecule has 2 bridgehead atoms. The molecular weight excluding hydrogens is 453 g/mol. The van der Waals surface area contributed by atoms with Crippen molar-refractivity contribution in [3.05, 3.63) is 63.1 Å². The van der Waals surface area contributed by atoms with Crippen molar-refractivity contribution in [1.82, 2.24) is 14.9 Å². The molecule has 1 aromatic rings. The summed E-state index contributed by atoms with van der Waals surface area (Å²) in [5.41, 5.74) is -3.87. The second kappa shape index (κ2) is 8.37. The zero-order valence-electron chi connectivity index (χ0n) is 19.2. The van der Waals surface area contributed by atoms with E-state index < -0.39 is 53.1 Å². The van der Waals surface area contributed by atoms with Gasteiger partial charge in [0.1, 0.15) is 29.6 Å². The van der Waals surface area contributed by atoms with Gasteiger partial charge >= 0.3 is 0 Å². The minimum Gasteiger partial charge on any atom is -0.491 e. The lowest BCUT2D eigenvalue weighted by molar-refractivity contribution is 0.0652. The SMILES string of the molecule is COc1c2n(cc(C(=O)NCC3=C(F)CC(C)(F)C=C3F)c1=O)N1CN(C2=O)C(C)C=C[C@H]1C. The summed E-state index contributed by atoms with van der Waals surface area (Å²) in [5.74, 6) is -3.79. The summed E-state index contributed by atoms with van der Waals surface area (Å²) in [6.45, 7) is 4.42. The fraction of sp³-hybridized carbons (Fsp3) is 0.435. The van der Waals surface area contributed by atoms with Crippen LogP contribution in [0.3, 0.4) is 0 Å². The van der Waals surface area contributed by atoms with Crippen LogP contribution in [0.5, 0.6) is 5.75 Å². The Morgan fingerprint density at radius 3 is 2.56 bits per heavy atom. The first-order valence-electron chi connectivity index (χ1n) is 10.8. The van der Waals surface area contributed by atoms with Crippen LogP contribution in [0.1, 0.15) is 48.0 Å². The number of halogens is 3. The third kappa shape index (κ3) is 3.88. The standard InChI is InChI=1S/C23H25F3N4O4/c1-12-5-6-13(2)30-11-28(12)22(33)18-20(34-4)19(31)15(10-29(18)30)21(32)27-9-14-16(24)7-23(3,26)8-17(14)25/h5-7,10,12-13H,8-9,11H2,1-4H3,(H,27,32)/t12?,13-,23?/m1/s1. The topological polar surface area (TPSA) is 83.9 Å². The van der Waals surface area contributed by atoms with Gasteiger partial charge in [0, 0.05) is 30.8 Å². The largest absolute Gasteiger partial charge is 0.491 e. The Hall–Kier alpha value is -3.50. The van der Waals surface area contributed by atoms with Crippen molar-refractivity contribution < 1.29 is 27.5 Å². The lowest BCUT2D eigenvalue weighted by atomic mass is 9.93. The Balaban J connectivity index is 1.70. The zero-order valence-corrected chi connectivity index (χ0v) is 19.2. The molecular formula is C23H25F3N4O4. The smallest absolute Gasteiger partial charge is 0.278 e. The van der Waals surface area contributed by atoms with E-state index in [9.17, 15) is 27.6 Å². The molecule has 2 aliphatic heterocycles. The number of fused-ring (bicyclic) bond motifs is 4. The Bertz CT molecular complexity index is 1220. The minimum atomic E-state index is -2.16. The first-order chi connectivity index (χ1) is 15.9. The number of pyridine rings is 1. The molecule has 0 radical (unpaired) electrons. The van der Waals surface area contributed by atoms with Gasteiger partial charge in [-0.3, -0.25) is 24.1 Å². The Labute approximate surface area is 193 Å². The molecule has 3 heterocycles. The molecule has 2 unspecified atom stereocenters. The molecule has 4 rings (SSSR count). The fourth-order valence-electron chi connectivity index (χ4n) is 4.30. The number of allylic oxidation sites excluding steroid dienone is 2. The second-order valence-corrected chi connectivity index (χ2v) is 8.83. The highest BCUT2D eigenvalue weighted by Crippen LogP contribution is 2.35. The third-order valence-electron chi connectivity index (χ3n) is 6.23. The number of nitrogens with zero attached hydrogens (tertiary/aromatic N) is 3. The summed E-state index contributed by atoms with van der Waals surface area (Å²) in [7, 11) is 1.22. The van der Waals surface area contributed by atoms with Crippen molar-refractivity contribution in [2.24, 2.45) is 0 Å². The highest BCUT2D eigenvalue weighted by Gasteiger charge is 2.39. The van der Waals surface area contributed by atoms with E-state index in [1.807, 2.05) is 26.0 Å². The zero-order chi connectivity index (χ0) is 24.9. The van der Waals surface area contributed by atoms with E-state index in [0.29, 0.717) is 6.08 Å². The van der Waals surface area contributed by atoms with E-state index in [1.54, 1.807) is 9.91 Å². The van der Waals surface area contributed by atoms with E-state index in [2.05, 4.69) is 5.32 Å². The number of alkyl halides is 1. The molecule has 1 aromatic heterocycles. The molecule has 1 N–H and O–H groups in total. The molecule has 0 aromatic carbocycles. The summed E-state index contributed by atoms with van der Waals surface area (Å²) in [5, 5.41) is 4.10. The van der Waals surface area contributed by atoms with E-state index in [4.69, 9.17) is 4.74 Å². The molecule has 2 amide bonds. The second-order valence-electron chi connectivity index (χ2n) is 8.83. The van der Waals surface area contributed by atoms with Crippen molar-refractivity contribution in [3.63, 3.8) is 0 Å². The number of amides is 2. The number of carbonyl (C=O) groups excluding carboxylic acids is 2. The molecule has 182 valence electrons. The molecule has 34 heavy (non-hydrogen) atoms. The summed E-state index contributed by atoms with van der Waals surface area (Å²) >= 11 is 0. The van der Waals surface area contributed by atoms with E-state index >= 15 is 0 Å². The van der Waals surface area contributed by atoms with Crippen LogP contribution in [0.4, 0.5) is 13.2 Å². The highest BCUT2D eigenvalue weighted by atomic mass is 19.2. The maximum atomic E-state index is 14.2. The lowest BCUT2D eigenvalue weighted by Crippen LogP contribution is -2.57. The number of nitrogens with one attached hydrogen (secondary N) is 1. The quantitative estimate of drug-likeness (QED) is 0.673. The van der Waals surface area contributed by atoms with Crippen LogP contribution in [0, 0.1) is 0 Å². The van der Waals surface area contributed by atoms with Crippen molar-refractivity contribution >= 4 is 11.8 Å². The van der Waals surface area contributed by atoms with Crippen molar-refractivity contribution in [2.75, 3.05) is 25.3 Å². The lowest BCUT2D eigenvalue weighted by Gasteiger charge is -2.42. The number of rotatable bonds is 4. The van der Waals surface area contributed by atoms with Crippen LogP contribution in [0.25, 0.3) is 0 Å². The number of hydrogen-bond donors (Lipinski definition) is 1. The number of methoxy groups -OCH3 is 1. The molecule has 0 saturated carbocycles. The number of ether oxygens (including phenoxy) is 1. The highest BCUT2D eigenvalue weighted by molar-refractivity contribution is 5.99. The van der Waals surface area contributed by atoms with Crippen molar-refractivity contribution in [1.29, 1.82) is 0 Å². The van der Waals surface area contributed by atoms with E-state index in [-0.39, 0.29) is 35.8 Å². The predicted molar refractivity (Wildman–Crippen MR) is 118 cm³/mol. The van der Waals surface area contributed by atoms with Gasteiger partial charge in [-0.2, -0.15) is 0 Å². The van der Waals surface area contributed by atoms with Crippen LogP contribution in [-0.2, 0) is 0 Å².